The Morgan fingerprint density at radius 1 is 1.39 bits per heavy atom. The number of hydrogen-bond donors (Lipinski definition) is 2. The molecule has 18 heavy (non-hydrogen) atoms. The Morgan fingerprint density at radius 3 is 2.94 bits per heavy atom. The van der Waals surface area contributed by atoms with E-state index in [4.69, 9.17) is 4.74 Å². The van der Waals surface area contributed by atoms with Crippen molar-refractivity contribution in [2.75, 3.05) is 26.3 Å². The van der Waals surface area contributed by atoms with Crippen molar-refractivity contribution in [2.24, 2.45) is 11.8 Å². The van der Waals surface area contributed by atoms with Gasteiger partial charge in [0.15, 0.2) is 0 Å². The summed E-state index contributed by atoms with van der Waals surface area (Å²) in [5.74, 6) is 1.64. The summed E-state index contributed by atoms with van der Waals surface area (Å²) in [4.78, 5) is 11.9. The number of ether oxygens (including phenoxy) is 1. The molecule has 0 aromatic carbocycles. The maximum Gasteiger partial charge on any atom is 0.237 e. The summed E-state index contributed by atoms with van der Waals surface area (Å²) in [6, 6.07) is 0.0149. The molecule has 4 heteroatoms. The van der Waals surface area contributed by atoms with Crippen molar-refractivity contribution in [3.63, 3.8) is 0 Å². The van der Waals surface area contributed by atoms with Gasteiger partial charge < -0.3 is 15.4 Å². The molecule has 2 N–H and O–H groups in total. The Hall–Kier alpha value is -0.610. The first-order valence-electron chi connectivity index (χ1n) is 7.34. The van der Waals surface area contributed by atoms with Gasteiger partial charge in [-0.25, -0.2) is 0 Å². The fourth-order valence-electron chi connectivity index (χ4n) is 2.35. The van der Waals surface area contributed by atoms with Crippen molar-refractivity contribution in [1.29, 1.82) is 0 Å². The van der Waals surface area contributed by atoms with E-state index in [9.17, 15) is 4.79 Å². The molecule has 2 rings (SSSR count). The zero-order valence-electron chi connectivity index (χ0n) is 11.4. The molecule has 1 saturated heterocycles. The van der Waals surface area contributed by atoms with Gasteiger partial charge >= 0.3 is 0 Å². The normalized spacial score (nSPS) is 28.1. The largest absolute Gasteiger partial charge is 0.381 e. The Labute approximate surface area is 110 Å². The number of hydrogen-bond acceptors (Lipinski definition) is 3. The van der Waals surface area contributed by atoms with Gasteiger partial charge in [0.05, 0.1) is 6.04 Å². The Morgan fingerprint density at radius 2 is 2.22 bits per heavy atom. The SMILES string of the molecule is CC1CCNC(C(=O)NCCCOCC2CC2)C1. The fourth-order valence-corrected chi connectivity index (χ4v) is 2.35. The summed E-state index contributed by atoms with van der Waals surface area (Å²) in [5.41, 5.74) is 0. The summed E-state index contributed by atoms with van der Waals surface area (Å²) >= 11 is 0. The summed E-state index contributed by atoms with van der Waals surface area (Å²) in [6.07, 6.45) is 5.73. The van der Waals surface area contributed by atoms with Gasteiger partial charge in [0.1, 0.15) is 0 Å². The molecule has 1 saturated carbocycles. The van der Waals surface area contributed by atoms with Crippen LogP contribution in [0.5, 0.6) is 0 Å². The Bertz CT molecular complexity index is 267. The van der Waals surface area contributed by atoms with E-state index in [1.54, 1.807) is 0 Å². The van der Waals surface area contributed by atoms with Crippen LogP contribution in [-0.2, 0) is 9.53 Å². The van der Waals surface area contributed by atoms with E-state index in [1.807, 2.05) is 0 Å². The first-order chi connectivity index (χ1) is 8.75. The molecule has 104 valence electrons. The zero-order valence-corrected chi connectivity index (χ0v) is 11.4. The molecular weight excluding hydrogens is 228 g/mol. The van der Waals surface area contributed by atoms with Crippen LogP contribution < -0.4 is 10.6 Å². The lowest BCUT2D eigenvalue weighted by molar-refractivity contribution is -0.124. The third kappa shape index (κ3) is 4.94. The van der Waals surface area contributed by atoms with E-state index in [-0.39, 0.29) is 11.9 Å². The minimum absolute atomic E-state index is 0.0149. The summed E-state index contributed by atoms with van der Waals surface area (Å²) in [5, 5.41) is 6.28. The van der Waals surface area contributed by atoms with E-state index in [0.29, 0.717) is 5.92 Å². The quantitative estimate of drug-likeness (QED) is 0.673. The molecule has 1 aliphatic heterocycles. The van der Waals surface area contributed by atoms with Crippen LogP contribution in [0.25, 0.3) is 0 Å². The highest BCUT2D eigenvalue weighted by molar-refractivity contribution is 5.81. The third-order valence-corrected chi connectivity index (χ3v) is 3.80. The highest BCUT2D eigenvalue weighted by Gasteiger charge is 2.24. The summed E-state index contributed by atoms with van der Waals surface area (Å²) in [7, 11) is 0. The van der Waals surface area contributed by atoms with Crippen LogP contribution in [0.4, 0.5) is 0 Å². The minimum Gasteiger partial charge on any atom is -0.381 e. The molecule has 1 amide bonds. The molecule has 0 spiro atoms. The van der Waals surface area contributed by atoms with Crippen LogP contribution in [-0.4, -0.2) is 38.3 Å². The van der Waals surface area contributed by atoms with E-state index >= 15 is 0 Å². The smallest absolute Gasteiger partial charge is 0.237 e. The molecule has 2 unspecified atom stereocenters. The number of amides is 1. The molecule has 2 fully saturated rings. The molecule has 1 aliphatic carbocycles. The van der Waals surface area contributed by atoms with Crippen molar-refractivity contribution in [1.82, 2.24) is 10.6 Å². The van der Waals surface area contributed by atoms with Gasteiger partial charge in [-0.05, 0) is 50.5 Å². The first kappa shape index (κ1) is 13.8. The molecule has 0 radical (unpaired) electrons. The highest BCUT2D eigenvalue weighted by atomic mass is 16.5. The standard InChI is InChI=1S/C14H26N2O2/c1-11-5-7-15-13(9-11)14(17)16-6-2-8-18-10-12-3-4-12/h11-13,15H,2-10H2,1H3,(H,16,17). The van der Waals surface area contributed by atoms with E-state index in [0.717, 1.165) is 45.1 Å². The molecule has 4 nitrogen and oxygen atoms in total. The lowest BCUT2D eigenvalue weighted by Gasteiger charge is -2.27. The number of carbonyl (C=O) groups excluding carboxylic acids is 1. The molecule has 0 aromatic rings. The van der Waals surface area contributed by atoms with Crippen molar-refractivity contribution < 1.29 is 9.53 Å². The van der Waals surface area contributed by atoms with Gasteiger partial charge in [0, 0.05) is 19.8 Å². The highest BCUT2D eigenvalue weighted by Crippen LogP contribution is 2.28. The molecule has 2 atom stereocenters. The van der Waals surface area contributed by atoms with Crippen LogP contribution in [0.3, 0.4) is 0 Å². The van der Waals surface area contributed by atoms with Gasteiger partial charge in [-0.1, -0.05) is 6.92 Å². The second-order valence-electron chi connectivity index (χ2n) is 5.80. The topological polar surface area (TPSA) is 50.4 Å². The minimum atomic E-state index is 0.0149. The number of carbonyl (C=O) groups is 1. The maximum absolute atomic E-state index is 11.9. The summed E-state index contributed by atoms with van der Waals surface area (Å²) < 4.78 is 5.53. The van der Waals surface area contributed by atoms with E-state index < -0.39 is 0 Å². The number of rotatable bonds is 7. The van der Waals surface area contributed by atoms with E-state index in [2.05, 4.69) is 17.6 Å². The monoisotopic (exact) mass is 254 g/mol. The molecular formula is C14H26N2O2. The number of piperidine rings is 1. The third-order valence-electron chi connectivity index (χ3n) is 3.80. The van der Waals surface area contributed by atoms with Gasteiger partial charge in [-0.15, -0.1) is 0 Å². The van der Waals surface area contributed by atoms with Crippen LogP contribution in [0.1, 0.15) is 39.0 Å². The predicted molar refractivity (Wildman–Crippen MR) is 71.4 cm³/mol. The second-order valence-corrected chi connectivity index (χ2v) is 5.80. The van der Waals surface area contributed by atoms with Crippen LogP contribution in [0.2, 0.25) is 0 Å². The van der Waals surface area contributed by atoms with Gasteiger partial charge in [-0.2, -0.15) is 0 Å². The van der Waals surface area contributed by atoms with Gasteiger partial charge in [0.25, 0.3) is 0 Å². The Balaban J connectivity index is 1.48. The fraction of sp³-hybridized carbons (Fsp3) is 0.929. The maximum atomic E-state index is 11.9. The van der Waals surface area contributed by atoms with Crippen molar-refractivity contribution in [2.45, 2.75) is 45.1 Å². The summed E-state index contributed by atoms with van der Waals surface area (Å²) in [6.45, 7) is 5.59. The lowest BCUT2D eigenvalue weighted by atomic mass is 9.94. The van der Waals surface area contributed by atoms with Crippen LogP contribution in [0.15, 0.2) is 0 Å². The average Bonchev–Trinajstić information content (AvgIpc) is 3.17. The zero-order chi connectivity index (χ0) is 12.8. The van der Waals surface area contributed by atoms with Crippen molar-refractivity contribution in [3.05, 3.63) is 0 Å². The van der Waals surface area contributed by atoms with Gasteiger partial charge in [0.2, 0.25) is 5.91 Å². The van der Waals surface area contributed by atoms with Crippen molar-refractivity contribution >= 4 is 5.91 Å². The molecule has 2 aliphatic rings. The second kappa shape index (κ2) is 7.10. The first-order valence-corrected chi connectivity index (χ1v) is 7.34. The molecule has 1 heterocycles. The van der Waals surface area contributed by atoms with Crippen LogP contribution in [0, 0.1) is 11.8 Å². The molecule has 0 bridgehead atoms. The molecule has 0 aromatic heterocycles. The predicted octanol–water partition coefficient (Wildman–Crippen LogP) is 1.31. The van der Waals surface area contributed by atoms with Crippen LogP contribution >= 0.6 is 0 Å². The average molecular weight is 254 g/mol. The van der Waals surface area contributed by atoms with E-state index in [1.165, 1.54) is 19.3 Å². The lowest BCUT2D eigenvalue weighted by Crippen LogP contribution is -2.48. The number of nitrogens with one attached hydrogen (secondary N) is 2. The Kier molecular flexibility index (Phi) is 5.45. The van der Waals surface area contributed by atoms with Crippen molar-refractivity contribution in [3.8, 4) is 0 Å². The van der Waals surface area contributed by atoms with Gasteiger partial charge in [-0.3, -0.25) is 4.79 Å².